The van der Waals surface area contributed by atoms with Crippen LogP contribution in [-0.4, -0.2) is 22.0 Å². The first-order valence-electron chi connectivity index (χ1n) is 7.93. The zero-order chi connectivity index (χ0) is 17.6. The number of furan rings is 1. The zero-order valence-electron chi connectivity index (χ0n) is 14.5. The van der Waals surface area contributed by atoms with E-state index in [-0.39, 0.29) is 12.5 Å². The molecule has 0 radical (unpaired) electrons. The molecular formula is C17H21N3O4. The van der Waals surface area contributed by atoms with Gasteiger partial charge in [0.25, 0.3) is 5.91 Å². The van der Waals surface area contributed by atoms with Crippen molar-refractivity contribution in [1.29, 1.82) is 0 Å². The Hall–Kier alpha value is -2.57. The number of carbonyl (C=O) groups excluding carboxylic acids is 2. The molecule has 1 aliphatic heterocycles. The topological polar surface area (TPSA) is 88.6 Å². The van der Waals surface area contributed by atoms with E-state index >= 15 is 0 Å². The number of carbonyl (C=O) groups is 2. The number of imide groups is 1. The molecule has 7 nitrogen and oxygen atoms in total. The highest BCUT2D eigenvalue weighted by Crippen LogP contribution is 2.34. The van der Waals surface area contributed by atoms with Crippen LogP contribution >= 0.6 is 0 Å². The summed E-state index contributed by atoms with van der Waals surface area (Å²) in [7, 11) is 0. The predicted molar refractivity (Wildman–Crippen MR) is 85.2 cm³/mol. The molecule has 0 aliphatic carbocycles. The van der Waals surface area contributed by atoms with Gasteiger partial charge in [-0.3, -0.25) is 9.69 Å². The molecule has 1 saturated heterocycles. The van der Waals surface area contributed by atoms with Crippen molar-refractivity contribution in [1.82, 2.24) is 15.4 Å². The van der Waals surface area contributed by atoms with Crippen LogP contribution < -0.4 is 5.32 Å². The van der Waals surface area contributed by atoms with Crippen molar-refractivity contribution in [3.63, 3.8) is 0 Å². The van der Waals surface area contributed by atoms with Gasteiger partial charge in [0.2, 0.25) is 0 Å². The number of amides is 3. The van der Waals surface area contributed by atoms with Gasteiger partial charge in [0.05, 0.1) is 12.2 Å². The normalized spacial score (nSPS) is 20.8. The minimum Gasteiger partial charge on any atom is -0.466 e. The van der Waals surface area contributed by atoms with Crippen LogP contribution in [0.2, 0.25) is 0 Å². The molecule has 24 heavy (non-hydrogen) atoms. The van der Waals surface area contributed by atoms with Crippen molar-refractivity contribution in [3.8, 4) is 0 Å². The fourth-order valence-corrected chi connectivity index (χ4v) is 3.23. The summed E-state index contributed by atoms with van der Waals surface area (Å²) in [5, 5.41) is 6.78. The largest absolute Gasteiger partial charge is 0.466 e. The molecule has 1 aliphatic rings. The summed E-state index contributed by atoms with van der Waals surface area (Å²) in [6.45, 7) is 9.18. The summed E-state index contributed by atoms with van der Waals surface area (Å²) in [5.74, 6) is 1.64. The summed E-state index contributed by atoms with van der Waals surface area (Å²) in [5.41, 5.74) is 1.09. The molecule has 1 unspecified atom stereocenters. The Morgan fingerprint density at radius 3 is 2.54 bits per heavy atom. The number of nitrogens with one attached hydrogen (secondary N) is 1. The van der Waals surface area contributed by atoms with Gasteiger partial charge in [-0.05, 0) is 40.2 Å². The standard InChI is InChI=1S/C17H21N3O4/c1-6-14-12(10(3)24-19-14)8-20-15(21)17(5,18-16(20)22)13-7-9(2)23-11(13)4/h7H,6,8H2,1-5H3,(H,18,22). The van der Waals surface area contributed by atoms with E-state index in [0.29, 0.717) is 29.3 Å². The van der Waals surface area contributed by atoms with Crippen molar-refractivity contribution in [2.45, 2.75) is 53.1 Å². The van der Waals surface area contributed by atoms with E-state index in [2.05, 4.69) is 10.5 Å². The van der Waals surface area contributed by atoms with Crippen LogP contribution in [0.4, 0.5) is 4.79 Å². The zero-order valence-corrected chi connectivity index (χ0v) is 14.5. The van der Waals surface area contributed by atoms with Crippen LogP contribution in [0, 0.1) is 20.8 Å². The van der Waals surface area contributed by atoms with Crippen molar-refractivity contribution in [3.05, 3.63) is 40.2 Å². The Balaban J connectivity index is 1.95. The second kappa shape index (κ2) is 5.51. The summed E-state index contributed by atoms with van der Waals surface area (Å²) in [6, 6.07) is 1.36. The first-order chi connectivity index (χ1) is 11.3. The molecular weight excluding hydrogens is 310 g/mol. The number of rotatable bonds is 4. The minimum absolute atomic E-state index is 0.147. The van der Waals surface area contributed by atoms with Crippen molar-refractivity contribution in [2.75, 3.05) is 0 Å². The van der Waals surface area contributed by atoms with Crippen molar-refractivity contribution >= 4 is 11.9 Å². The minimum atomic E-state index is -1.13. The lowest BCUT2D eigenvalue weighted by Crippen LogP contribution is -2.41. The molecule has 3 rings (SSSR count). The first kappa shape index (κ1) is 16.3. The van der Waals surface area contributed by atoms with Gasteiger partial charge in [-0.15, -0.1) is 0 Å². The summed E-state index contributed by atoms with van der Waals surface area (Å²) in [4.78, 5) is 26.6. The summed E-state index contributed by atoms with van der Waals surface area (Å²) in [6.07, 6.45) is 0.674. The molecule has 3 amide bonds. The second-order valence-electron chi connectivity index (χ2n) is 6.29. The number of nitrogens with zero attached hydrogens (tertiary/aromatic N) is 2. The van der Waals surface area contributed by atoms with E-state index < -0.39 is 11.6 Å². The molecule has 1 atom stereocenters. The third-order valence-corrected chi connectivity index (χ3v) is 4.57. The Bertz CT molecular complexity index is 820. The van der Waals surface area contributed by atoms with E-state index in [1.807, 2.05) is 13.8 Å². The Morgan fingerprint density at radius 1 is 1.25 bits per heavy atom. The van der Waals surface area contributed by atoms with Crippen LogP contribution in [0.5, 0.6) is 0 Å². The lowest BCUT2D eigenvalue weighted by molar-refractivity contribution is -0.131. The maximum atomic E-state index is 13.0. The third-order valence-electron chi connectivity index (χ3n) is 4.57. The lowest BCUT2D eigenvalue weighted by Gasteiger charge is -2.21. The first-order valence-corrected chi connectivity index (χ1v) is 7.93. The molecule has 128 valence electrons. The highest BCUT2D eigenvalue weighted by atomic mass is 16.5. The average Bonchev–Trinajstić information content (AvgIpc) is 3.11. The molecule has 0 bridgehead atoms. The lowest BCUT2D eigenvalue weighted by atomic mass is 9.92. The molecule has 0 aromatic carbocycles. The maximum absolute atomic E-state index is 13.0. The number of hydrogen-bond acceptors (Lipinski definition) is 5. The van der Waals surface area contributed by atoms with Crippen molar-refractivity contribution < 1.29 is 18.5 Å². The van der Waals surface area contributed by atoms with Gasteiger partial charge in [-0.1, -0.05) is 12.1 Å². The van der Waals surface area contributed by atoms with E-state index in [0.717, 1.165) is 11.3 Å². The average molecular weight is 331 g/mol. The van der Waals surface area contributed by atoms with E-state index in [1.165, 1.54) is 4.90 Å². The van der Waals surface area contributed by atoms with Crippen LogP contribution in [0.3, 0.4) is 0 Å². The van der Waals surface area contributed by atoms with Gasteiger partial charge in [-0.2, -0.15) is 0 Å². The van der Waals surface area contributed by atoms with Crippen LogP contribution in [0.15, 0.2) is 15.0 Å². The van der Waals surface area contributed by atoms with Gasteiger partial charge >= 0.3 is 6.03 Å². The summed E-state index contributed by atoms with van der Waals surface area (Å²) >= 11 is 0. The van der Waals surface area contributed by atoms with E-state index in [4.69, 9.17) is 8.94 Å². The number of urea groups is 1. The molecule has 1 N–H and O–H groups in total. The molecule has 0 saturated carbocycles. The van der Waals surface area contributed by atoms with E-state index in [1.54, 1.807) is 26.8 Å². The van der Waals surface area contributed by atoms with E-state index in [9.17, 15) is 9.59 Å². The van der Waals surface area contributed by atoms with Gasteiger partial charge in [0, 0.05) is 11.1 Å². The Labute approximate surface area is 140 Å². The second-order valence-corrected chi connectivity index (χ2v) is 6.29. The Kier molecular flexibility index (Phi) is 3.74. The predicted octanol–water partition coefficient (Wildman–Crippen LogP) is 2.72. The molecule has 7 heteroatoms. The molecule has 3 heterocycles. The summed E-state index contributed by atoms with van der Waals surface area (Å²) < 4.78 is 10.7. The quantitative estimate of drug-likeness (QED) is 0.870. The molecule has 2 aromatic rings. The van der Waals surface area contributed by atoms with Gasteiger partial charge in [0.15, 0.2) is 0 Å². The van der Waals surface area contributed by atoms with Gasteiger partial charge < -0.3 is 14.3 Å². The van der Waals surface area contributed by atoms with Crippen LogP contribution in [-0.2, 0) is 23.3 Å². The Morgan fingerprint density at radius 2 is 1.96 bits per heavy atom. The number of hydrogen-bond donors (Lipinski definition) is 1. The fourth-order valence-electron chi connectivity index (χ4n) is 3.23. The molecule has 0 spiro atoms. The highest BCUT2D eigenvalue weighted by Gasteiger charge is 2.50. The third kappa shape index (κ3) is 2.31. The smallest absolute Gasteiger partial charge is 0.325 e. The van der Waals surface area contributed by atoms with Crippen LogP contribution in [0.25, 0.3) is 0 Å². The van der Waals surface area contributed by atoms with Crippen molar-refractivity contribution in [2.24, 2.45) is 0 Å². The van der Waals surface area contributed by atoms with Crippen LogP contribution in [0.1, 0.15) is 47.9 Å². The van der Waals surface area contributed by atoms with Gasteiger partial charge in [0.1, 0.15) is 22.8 Å². The number of aryl methyl sites for hydroxylation is 4. The number of aromatic nitrogens is 1. The SMILES string of the molecule is CCc1noc(C)c1CN1C(=O)NC(C)(c2cc(C)oc2C)C1=O. The highest BCUT2D eigenvalue weighted by molar-refractivity contribution is 6.07. The maximum Gasteiger partial charge on any atom is 0.325 e. The molecule has 2 aromatic heterocycles. The monoisotopic (exact) mass is 331 g/mol. The fraction of sp³-hybridized carbons (Fsp3) is 0.471. The molecule has 1 fully saturated rings. The van der Waals surface area contributed by atoms with Gasteiger partial charge in [-0.25, -0.2) is 4.79 Å².